The van der Waals surface area contributed by atoms with Crippen LogP contribution in [0.1, 0.15) is 32.6 Å². The van der Waals surface area contributed by atoms with Crippen LogP contribution in [0.15, 0.2) is 30.3 Å². The second kappa shape index (κ2) is 6.57. The number of carbonyl (C=O) groups is 1. The monoisotopic (exact) mass is 289 g/mol. The van der Waals surface area contributed by atoms with Gasteiger partial charge in [-0.3, -0.25) is 4.79 Å². The van der Waals surface area contributed by atoms with Crippen LogP contribution >= 0.6 is 11.3 Å². The normalized spacial score (nSPS) is 10.3. The Kier molecular flexibility index (Phi) is 4.79. The van der Waals surface area contributed by atoms with Crippen molar-refractivity contribution in [3.63, 3.8) is 0 Å². The van der Waals surface area contributed by atoms with E-state index >= 15 is 0 Å². The van der Waals surface area contributed by atoms with Gasteiger partial charge in [-0.1, -0.05) is 25.1 Å². The molecule has 2 rings (SSSR count). The lowest BCUT2D eigenvalue weighted by atomic mass is 10.2. The van der Waals surface area contributed by atoms with Crippen molar-refractivity contribution in [1.29, 1.82) is 0 Å². The molecule has 0 fully saturated rings. The molecule has 0 aliphatic rings. The Morgan fingerprint density at radius 3 is 2.70 bits per heavy atom. The number of benzene rings is 1. The van der Waals surface area contributed by atoms with Gasteiger partial charge < -0.3 is 10.1 Å². The third-order valence-corrected chi connectivity index (χ3v) is 4.35. The maximum Gasteiger partial charge on any atom is 0.261 e. The summed E-state index contributed by atoms with van der Waals surface area (Å²) in [5, 5.41) is 2.95. The molecule has 1 heterocycles. The predicted molar refractivity (Wildman–Crippen MR) is 82.6 cm³/mol. The smallest absolute Gasteiger partial charge is 0.261 e. The minimum absolute atomic E-state index is 0.0243. The molecule has 0 saturated heterocycles. The maximum atomic E-state index is 12.2. The summed E-state index contributed by atoms with van der Waals surface area (Å²) in [7, 11) is 1.64. The van der Waals surface area contributed by atoms with Gasteiger partial charge >= 0.3 is 0 Å². The average molecular weight is 289 g/mol. The van der Waals surface area contributed by atoms with Crippen LogP contribution in [0.25, 0.3) is 0 Å². The summed E-state index contributed by atoms with van der Waals surface area (Å²) >= 11 is 1.55. The molecule has 1 N–H and O–H groups in total. The second-order valence-electron chi connectivity index (χ2n) is 4.54. The number of hydrogen-bond donors (Lipinski definition) is 1. The third-order valence-electron chi connectivity index (χ3n) is 3.26. The van der Waals surface area contributed by atoms with E-state index in [0.717, 1.165) is 22.6 Å². The largest absolute Gasteiger partial charge is 0.496 e. The van der Waals surface area contributed by atoms with Gasteiger partial charge in [0.15, 0.2) is 0 Å². The first-order chi connectivity index (χ1) is 9.65. The van der Waals surface area contributed by atoms with Crippen molar-refractivity contribution in [2.24, 2.45) is 0 Å². The van der Waals surface area contributed by atoms with Gasteiger partial charge in [0.05, 0.1) is 12.0 Å². The zero-order chi connectivity index (χ0) is 14.5. The molecule has 1 aromatic carbocycles. The van der Waals surface area contributed by atoms with Gasteiger partial charge in [-0.05, 0) is 31.0 Å². The standard InChI is InChI=1S/C16H19NO2S/c1-4-12-9-15(20-11(12)2)16(18)17-10-13-7-5-6-8-14(13)19-3/h5-9H,4,10H2,1-3H3,(H,17,18). The number of hydrogen-bond acceptors (Lipinski definition) is 3. The van der Waals surface area contributed by atoms with Crippen LogP contribution in [-0.4, -0.2) is 13.0 Å². The Bertz CT molecular complexity index is 604. The van der Waals surface area contributed by atoms with E-state index in [0.29, 0.717) is 6.54 Å². The molecular weight excluding hydrogens is 270 g/mol. The molecule has 0 aliphatic carbocycles. The van der Waals surface area contributed by atoms with Crippen molar-refractivity contribution in [2.75, 3.05) is 7.11 Å². The van der Waals surface area contributed by atoms with Crippen LogP contribution in [0, 0.1) is 6.92 Å². The molecule has 0 atom stereocenters. The molecule has 1 amide bonds. The van der Waals surface area contributed by atoms with Crippen molar-refractivity contribution >= 4 is 17.2 Å². The molecule has 3 nitrogen and oxygen atoms in total. The number of aryl methyl sites for hydroxylation is 2. The zero-order valence-corrected chi connectivity index (χ0v) is 12.8. The van der Waals surface area contributed by atoms with E-state index in [1.54, 1.807) is 18.4 Å². The molecule has 0 saturated carbocycles. The molecule has 0 spiro atoms. The fraction of sp³-hybridized carbons (Fsp3) is 0.312. The highest BCUT2D eigenvalue weighted by Crippen LogP contribution is 2.22. The van der Waals surface area contributed by atoms with Crippen molar-refractivity contribution in [2.45, 2.75) is 26.8 Å². The lowest BCUT2D eigenvalue weighted by molar-refractivity contribution is 0.0954. The van der Waals surface area contributed by atoms with E-state index in [1.165, 1.54) is 10.4 Å². The second-order valence-corrected chi connectivity index (χ2v) is 5.80. The van der Waals surface area contributed by atoms with Gasteiger partial charge in [0.2, 0.25) is 0 Å². The number of nitrogens with one attached hydrogen (secondary N) is 1. The Morgan fingerprint density at radius 2 is 2.05 bits per heavy atom. The Balaban J connectivity index is 2.04. The van der Waals surface area contributed by atoms with Gasteiger partial charge in [0.1, 0.15) is 5.75 Å². The number of amides is 1. The lowest BCUT2D eigenvalue weighted by Crippen LogP contribution is -2.22. The lowest BCUT2D eigenvalue weighted by Gasteiger charge is -2.08. The van der Waals surface area contributed by atoms with Gasteiger partial charge in [0, 0.05) is 17.0 Å². The first-order valence-corrected chi connectivity index (χ1v) is 7.46. The van der Waals surface area contributed by atoms with E-state index < -0.39 is 0 Å². The maximum absolute atomic E-state index is 12.2. The van der Waals surface area contributed by atoms with E-state index in [9.17, 15) is 4.79 Å². The topological polar surface area (TPSA) is 38.3 Å². The Hall–Kier alpha value is -1.81. The number of para-hydroxylation sites is 1. The summed E-state index contributed by atoms with van der Waals surface area (Å²) in [5.74, 6) is 0.771. The fourth-order valence-electron chi connectivity index (χ4n) is 2.09. The van der Waals surface area contributed by atoms with E-state index in [1.807, 2.05) is 30.3 Å². The minimum atomic E-state index is -0.0243. The first kappa shape index (κ1) is 14.6. The first-order valence-electron chi connectivity index (χ1n) is 6.65. The average Bonchev–Trinajstić information content (AvgIpc) is 2.86. The third kappa shape index (κ3) is 3.20. The quantitative estimate of drug-likeness (QED) is 0.914. The van der Waals surface area contributed by atoms with Gasteiger partial charge in [-0.2, -0.15) is 0 Å². The minimum Gasteiger partial charge on any atom is -0.496 e. The molecular formula is C16H19NO2S. The number of thiophene rings is 1. The summed E-state index contributed by atoms with van der Waals surface area (Å²) in [5.41, 5.74) is 2.23. The summed E-state index contributed by atoms with van der Waals surface area (Å²) in [6.07, 6.45) is 0.960. The van der Waals surface area contributed by atoms with E-state index in [2.05, 4.69) is 19.2 Å². The van der Waals surface area contributed by atoms with E-state index in [-0.39, 0.29) is 5.91 Å². The van der Waals surface area contributed by atoms with Crippen LogP contribution < -0.4 is 10.1 Å². The molecule has 0 aliphatic heterocycles. The highest BCUT2D eigenvalue weighted by atomic mass is 32.1. The molecule has 1 aromatic heterocycles. The van der Waals surface area contributed by atoms with Crippen LogP contribution in [-0.2, 0) is 13.0 Å². The molecule has 0 bridgehead atoms. The van der Waals surface area contributed by atoms with Crippen LogP contribution in [0.2, 0.25) is 0 Å². The van der Waals surface area contributed by atoms with Crippen molar-refractivity contribution < 1.29 is 9.53 Å². The molecule has 0 radical (unpaired) electrons. The summed E-state index contributed by atoms with van der Waals surface area (Å²) < 4.78 is 5.28. The number of carbonyl (C=O) groups excluding carboxylic acids is 1. The summed E-state index contributed by atoms with van der Waals surface area (Å²) in [4.78, 5) is 14.1. The Morgan fingerprint density at radius 1 is 1.30 bits per heavy atom. The predicted octanol–water partition coefficient (Wildman–Crippen LogP) is 3.56. The van der Waals surface area contributed by atoms with Crippen molar-refractivity contribution in [3.8, 4) is 5.75 Å². The highest BCUT2D eigenvalue weighted by Gasteiger charge is 2.12. The molecule has 4 heteroatoms. The molecule has 2 aromatic rings. The fourth-order valence-corrected chi connectivity index (χ4v) is 3.12. The van der Waals surface area contributed by atoms with Gasteiger partial charge in [-0.25, -0.2) is 0 Å². The van der Waals surface area contributed by atoms with Gasteiger partial charge in [-0.15, -0.1) is 11.3 Å². The van der Waals surface area contributed by atoms with Crippen LogP contribution in [0.3, 0.4) is 0 Å². The molecule has 20 heavy (non-hydrogen) atoms. The SMILES string of the molecule is CCc1cc(C(=O)NCc2ccccc2OC)sc1C. The number of rotatable bonds is 5. The summed E-state index contributed by atoms with van der Waals surface area (Å²) in [6.45, 7) is 4.63. The number of ether oxygens (including phenoxy) is 1. The van der Waals surface area contributed by atoms with Gasteiger partial charge in [0.25, 0.3) is 5.91 Å². The van der Waals surface area contributed by atoms with Crippen molar-refractivity contribution in [1.82, 2.24) is 5.32 Å². The van der Waals surface area contributed by atoms with E-state index in [4.69, 9.17) is 4.74 Å². The zero-order valence-electron chi connectivity index (χ0n) is 12.0. The Labute approximate surface area is 123 Å². The summed E-state index contributed by atoms with van der Waals surface area (Å²) in [6, 6.07) is 9.69. The molecule has 106 valence electrons. The highest BCUT2D eigenvalue weighted by molar-refractivity contribution is 7.14. The number of methoxy groups -OCH3 is 1. The van der Waals surface area contributed by atoms with Crippen LogP contribution in [0.4, 0.5) is 0 Å². The van der Waals surface area contributed by atoms with Crippen LogP contribution in [0.5, 0.6) is 5.75 Å². The van der Waals surface area contributed by atoms with Crippen molar-refractivity contribution in [3.05, 3.63) is 51.2 Å². The molecule has 0 unspecified atom stereocenters.